The quantitative estimate of drug-likeness (QED) is 0.661. The molecule has 3 N–H and O–H groups in total. The summed E-state index contributed by atoms with van der Waals surface area (Å²) in [7, 11) is 0. The number of hydrogen-bond donors (Lipinski definition) is 2. The fraction of sp³-hybridized carbons (Fsp3) is 0.333. The molecule has 70 valence electrons. The van der Waals surface area contributed by atoms with Gasteiger partial charge in [-0.3, -0.25) is 0 Å². The maximum absolute atomic E-state index is 9.15. The van der Waals surface area contributed by atoms with Gasteiger partial charge in [-0.1, -0.05) is 0 Å². The molecule has 0 aromatic heterocycles. The van der Waals surface area contributed by atoms with Crippen LogP contribution in [-0.2, 0) is 0 Å². The number of aromatic hydroxyl groups is 1. The van der Waals surface area contributed by atoms with Crippen molar-refractivity contribution >= 4 is 0 Å². The summed E-state index contributed by atoms with van der Waals surface area (Å²) >= 11 is 0. The summed E-state index contributed by atoms with van der Waals surface area (Å²) in [4.78, 5) is 0. The molecule has 0 saturated carbocycles. The summed E-state index contributed by atoms with van der Waals surface area (Å²) in [5.74, 6) is 1.39. The Kier molecular flexibility index (Phi) is 1.98. The van der Waals surface area contributed by atoms with Crippen molar-refractivity contribution in [3.05, 3.63) is 18.2 Å². The molecule has 0 aliphatic carbocycles. The smallest absolute Gasteiger partial charge is 0.165 e. The highest BCUT2D eigenvalue weighted by Gasteiger charge is 2.19. The number of ether oxygens (including phenoxy) is 2. The van der Waals surface area contributed by atoms with Crippen LogP contribution in [0.15, 0.2) is 18.2 Å². The fourth-order valence-corrected chi connectivity index (χ4v) is 1.22. The van der Waals surface area contributed by atoms with Crippen LogP contribution in [0.25, 0.3) is 0 Å². The van der Waals surface area contributed by atoms with E-state index in [-0.39, 0.29) is 11.9 Å². The number of nitrogens with two attached hydrogens (primary N) is 1. The fourth-order valence-electron chi connectivity index (χ4n) is 1.22. The van der Waals surface area contributed by atoms with E-state index in [1.807, 2.05) is 0 Å². The first-order chi connectivity index (χ1) is 6.29. The third kappa shape index (κ3) is 1.53. The molecule has 0 amide bonds. The van der Waals surface area contributed by atoms with Crippen LogP contribution in [0.1, 0.15) is 0 Å². The summed E-state index contributed by atoms with van der Waals surface area (Å²) in [5, 5.41) is 9.15. The van der Waals surface area contributed by atoms with Gasteiger partial charge in [-0.05, 0) is 12.1 Å². The van der Waals surface area contributed by atoms with Gasteiger partial charge in [0.05, 0.1) is 0 Å². The average Bonchev–Trinajstić information content (AvgIpc) is 2.17. The first-order valence-electron chi connectivity index (χ1n) is 4.12. The molecule has 0 spiro atoms. The Morgan fingerprint density at radius 2 is 2.31 bits per heavy atom. The Morgan fingerprint density at radius 1 is 1.46 bits per heavy atom. The van der Waals surface area contributed by atoms with Crippen LogP contribution in [-0.4, -0.2) is 24.4 Å². The number of fused-ring (bicyclic) bond motifs is 1. The molecule has 0 bridgehead atoms. The first kappa shape index (κ1) is 8.19. The standard InChI is InChI=1S/C9H11NO3/c10-4-7-5-12-9-3-6(11)1-2-8(9)13-7/h1-3,7,11H,4-5,10H2. The third-order valence-electron chi connectivity index (χ3n) is 1.91. The summed E-state index contributed by atoms with van der Waals surface area (Å²) < 4.78 is 10.8. The molecule has 1 aliphatic rings. The minimum absolute atomic E-state index is 0.0861. The molecular weight excluding hydrogens is 170 g/mol. The topological polar surface area (TPSA) is 64.7 Å². The zero-order valence-corrected chi connectivity index (χ0v) is 7.06. The van der Waals surface area contributed by atoms with Gasteiger partial charge >= 0.3 is 0 Å². The van der Waals surface area contributed by atoms with Crippen molar-refractivity contribution in [2.75, 3.05) is 13.2 Å². The lowest BCUT2D eigenvalue weighted by molar-refractivity contribution is 0.0965. The van der Waals surface area contributed by atoms with Gasteiger partial charge in [0.2, 0.25) is 0 Å². The summed E-state index contributed by atoms with van der Waals surface area (Å²) in [5.41, 5.74) is 5.44. The second-order valence-corrected chi connectivity index (χ2v) is 2.92. The second-order valence-electron chi connectivity index (χ2n) is 2.92. The van der Waals surface area contributed by atoms with Gasteiger partial charge < -0.3 is 20.3 Å². The molecule has 4 nitrogen and oxygen atoms in total. The van der Waals surface area contributed by atoms with E-state index >= 15 is 0 Å². The van der Waals surface area contributed by atoms with Crippen molar-refractivity contribution in [2.45, 2.75) is 6.10 Å². The van der Waals surface area contributed by atoms with Gasteiger partial charge in [0, 0.05) is 12.6 Å². The van der Waals surface area contributed by atoms with Crippen LogP contribution in [0.3, 0.4) is 0 Å². The summed E-state index contributed by atoms with van der Waals surface area (Å²) in [6, 6.07) is 4.76. The van der Waals surface area contributed by atoms with E-state index in [1.54, 1.807) is 12.1 Å². The molecule has 1 aromatic rings. The van der Waals surface area contributed by atoms with Gasteiger partial charge in [-0.25, -0.2) is 0 Å². The minimum atomic E-state index is -0.0861. The predicted molar refractivity (Wildman–Crippen MR) is 47.1 cm³/mol. The monoisotopic (exact) mass is 181 g/mol. The lowest BCUT2D eigenvalue weighted by Gasteiger charge is -2.25. The number of hydrogen-bond acceptors (Lipinski definition) is 4. The highest BCUT2D eigenvalue weighted by atomic mass is 16.6. The molecule has 0 radical (unpaired) electrons. The van der Waals surface area contributed by atoms with Crippen LogP contribution in [0.4, 0.5) is 0 Å². The molecular formula is C9H11NO3. The molecule has 0 saturated heterocycles. The first-order valence-corrected chi connectivity index (χ1v) is 4.12. The SMILES string of the molecule is NCC1COc2cc(O)ccc2O1. The summed E-state index contributed by atoms with van der Waals surface area (Å²) in [6.07, 6.45) is -0.0861. The van der Waals surface area contributed by atoms with Crippen molar-refractivity contribution in [1.29, 1.82) is 0 Å². The Balaban J connectivity index is 2.26. The normalized spacial score (nSPS) is 19.9. The lowest BCUT2D eigenvalue weighted by Crippen LogP contribution is -2.35. The summed E-state index contributed by atoms with van der Waals surface area (Å²) in [6.45, 7) is 0.868. The molecule has 2 rings (SSSR count). The highest BCUT2D eigenvalue weighted by molar-refractivity contribution is 5.45. The molecule has 1 aromatic carbocycles. The molecule has 13 heavy (non-hydrogen) atoms. The van der Waals surface area contributed by atoms with Crippen molar-refractivity contribution in [3.8, 4) is 17.2 Å². The molecule has 1 atom stereocenters. The predicted octanol–water partition coefficient (Wildman–Crippen LogP) is 0.491. The van der Waals surface area contributed by atoms with Crippen LogP contribution in [0, 0.1) is 0 Å². The van der Waals surface area contributed by atoms with Crippen molar-refractivity contribution in [3.63, 3.8) is 0 Å². The number of benzene rings is 1. The van der Waals surface area contributed by atoms with E-state index in [4.69, 9.17) is 20.3 Å². The number of phenolic OH excluding ortho intramolecular Hbond substituents is 1. The highest BCUT2D eigenvalue weighted by Crippen LogP contribution is 2.34. The van der Waals surface area contributed by atoms with Gasteiger partial charge in [0.15, 0.2) is 11.5 Å². The van der Waals surface area contributed by atoms with Crippen LogP contribution in [0.5, 0.6) is 17.2 Å². The Hall–Kier alpha value is -1.42. The maximum Gasteiger partial charge on any atom is 0.165 e. The molecule has 1 unspecified atom stereocenters. The molecule has 4 heteroatoms. The van der Waals surface area contributed by atoms with Crippen LogP contribution in [0.2, 0.25) is 0 Å². The van der Waals surface area contributed by atoms with Crippen molar-refractivity contribution in [1.82, 2.24) is 0 Å². The Morgan fingerprint density at radius 3 is 3.08 bits per heavy atom. The zero-order chi connectivity index (χ0) is 9.26. The van der Waals surface area contributed by atoms with E-state index < -0.39 is 0 Å². The Labute approximate surface area is 75.9 Å². The van der Waals surface area contributed by atoms with Crippen molar-refractivity contribution in [2.24, 2.45) is 5.73 Å². The van der Waals surface area contributed by atoms with E-state index in [9.17, 15) is 0 Å². The van der Waals surface area contributed by atoms with Gasteiger partial charge in [-0.2, -0.15) is 0 Å². The van der Waals surface area contributed by atoms with Gasteiger partial charge in [-0.15, -0.1) is 0 Å². The van der Waals surface area contributed by atoms with E-state index in [0.717, 1.165) is 0 Å². The minimum Gasteiger partial charge on any atom is -0.508 e. The second kappa shape index (κ2) is 3.14. The van der Waals surface area contributed by atoms with Gasteiger partial charge in [0.25, 0.3) is 0 Å². The number of phenols is 1. The third-order valence-corrected chi connectivity index (χ3v) is 1.91. The van der Waals surface area contributed by atoms with Gasteiger partial charge in [0.1, 0.15) is 18.5 Å². The largest absolute Gasteiger partial charge is 0.508 e. The van der Waals surface area contributed by atoms with Crippen LogP contribution >= 0.6 is 0 Å². The number of rotatable bonds is 1. The zero-order valence-electron chi connectivity index (χ0n) is 7.06. The molecule has 0 fully saturated rings. The molecule has 1 heterocycles. The lowest BCUT2D eigenvalue weighted by atomic mass is 10.2. The van der Waals surface area contributed by atoms with E-state index in [1.165, 1.54) is 6.07 Å². The van der Waals surface area contributed by atoms with Crippen LogP contribution < -0.4 is 15.2 Å². The average molecular weight is 181 g/mol. The van der Waals surface area contributed by atoms with E-state index in [0.29, 0.717) is 24.7 Å². The van der Waals surface area contributed by atoms with E-state index in [2.05, 4.69) is 0 Å². The maximum atomic E-state index is 9.15. The Bertz CT molecular complexity index is 314. The van der Waals surface area contributed by atoms with Crippen molar-refractivity contribution < 1.29 is 14.6 Å². The molecule has 1 aliphatic heterocycles.